The van der Waals surface area contributed by atoms with Gasteiger partial charge in [0.15, 0.2) is 0 Å². The minimum atomic E-state index is -1.17. The molecule has 0 radical (unpaired) electrons. The van der Waals surface area contributed by atoms with Crippen molar-refractivity contribution in [1.82, 2.24) is 34.0 Å². The van der Waals surface area contributed by atoms with Crippen molar-refractivity contribution in [3.63, 3.8) is 0 Å². The van der Waals surface area contributed by atoms with Gasteiger partial charge >= 0.3 is 5.69 Å². The second-order valence-corrected chi connectivity index (χ2v) is 16.8. The molecule has 2 saturated heterocycles. The van der Waals surface area contributed by atoms with E-state index in [1.807, 2.05) is 25.1 Å². The lowest BCUT2D eigenvalue weighted by Crippen LogP contribution is -2.45. The Morgan fingerprint density at radius 2 is 1.71 bits per heavy atom. The van der Waals surface area contributed by atoms with Gasteiger partial charge in [0.2, 0.25) is 5.79 Å². The third-order valence-corrected chi connectivity index (χ3v) is 12.6. The van der Waals surface area contributed by atoms with Crippen molar-refractivity contribution in [2.75, 3.05) is 44.3 Å². The normalized spacial score (nSPS) is 24.9. The van der Waals surface area contributed by atoms with Crippen LogP contribution in [-0.2, 0) is 26.5 Å². The molecule has 12 nitrogen and oxygen atoms in total. The van der Waals surface area contributed by atoms with Crippen LogP contribution in [0.2, 0.25) is 10.0 Å². The van der Waals surface area contributed by atoms with Crippen LogP contribution < -0.4 is 10.6 Å². The molecule has 2 bridgehead atoms. The average Bonchev–Trinajstić information content (AvgIpc) is 4.00. The predicted molar refractivity (Wildman–Crippen MR) is 226 cm³/mol. The Labute approximate surface area is 350 Å². The largest absolute Gasteiger partial charge is 0.491 e. The summed E-state index contributed by atoms with van der Waals surface area (Å²) >= 11 is 13.0. The Bertz CT molecular complexity index is 2160. The number of hydrogen-bond acceptors (Lipinski definition) is 9. The fourth-order valence-corrected chi connectivity index (χ4v) is 9.13. The summed E-state index contributed by atoms with van der Waals surface area (Å²) < 4.78 is 24.8. The van der Waals surface area contributed by atoms with E-state index in [4.69, 9.17) is 37.4 Å². The molecule has 0 N–H and O–H groups in total. The Morgan fingerprint density at radius 3 is 2.48 bits per heavy atom. The number of rotatable bonds is 11. The van der Waals surface area contributed by atoms with Crippen LogP contribution in [0.3, 0.4) is 0 Å². The van der Waals surface area contributed by atoms with E-state index >= 15 is 0 Å². The third kappa shape index (κ3) is 9.10. The molecule has 58 heavy (non-hydrogen) atoms. The molecule has 2 aliphatic heterocycles. The minimum Gasteiger partial charge on any atom is -0.491 e. The van der Waals surface area contributed by atoms with E-state index in [1.54, 1.807) is 38.7 Å². The van der Waals surface area contributed by atoms with Gasteiger partial charge in [-0.25, -0.2) is 23.7 Å². The Hall–Kier alpha value is -4.36. The van der Waals surface area contributed by atoms with Crippen LogP contribution in [0.4, 0.5) is 5.69 Å². The highest BCUT2D eigenvalue weighted by atomic mass is 35.5. The number of halogens is 2. The summed E-state index contributed by atoms with van der Waals surface area (Å²) in [5.74, 6) is 0.223. The summed E-state index contributed by atoms with van der Waals surface area (Å²) in [4.78, 5) is 22.1. The lowest BCUT2D eigenvalue weighted by Gasteiger charge is -2.38. The van der Waals surface area contributed by atoms with Gasteiger partial charge in [0, 0.05) is 48.1 Å². The van der Waals surface area contributed by atoms with Crippen LogP contribution in [0, 0.1) is 5.92 Å². The first kappa shape index (κ1) is 40.4. The van der Waals surface area contributed by atoms with Crippen molar-refractivity contribution in [2.24, 2.45) is 5.92 Å². The van der Waals surface area contributed by atoms with E-state index in [0.717, 1.165) is 62.6 Å². The van der Waals surface area contributed by atoms with Gasteiger partial charge < -0.3 is 24.0 Å². The molecule has 2 aliphatic carbocycles. The second kappa shape index (κ2) is 18.3. The van der Waals surface area contributed by atoms with Gasteiger partial charge in [-0.2, -0.15) is 10.2 Å². The molecule has 3 unspecified atom stereocenters. The number of benzene rings is 2. The molecular weight excluding hydrogens is 775 g/mol. The molecular formula is C44H54Cl2N8O4. The molecule has 14 heteroatoms. The molecule has 2 aromatic heterocycles. The van der Waals surface area contributed by atoms with Crippen LogP contribution in [0.25, 0.3) is 5.69 Å². The third-order valence-electron chi connectivity index (χ3n) is 12.0. The fourth-order valence-electron chi connectivity index (χ4n) is 8.58. The van der Waals surface area contributed by atoms with Gasteiger partial charge in [-0.3, -0.25) is 0 Å². The molecule has 3 fully saturated rings. The Morgan fingerprint density at radius 1 is 0.931 bits per heavy atom. The van der Waals surface area contributed by atoms with E-state index in [-0.39, 0.29) is 24.4 Å². The molecule has 1 saturated carbocycles. The van der Waals surface area contributed by atoms with Crippen molar-refractivity contribution in [3.05, 3.63) is 123 Å². The van der Waals surface area contributed by atoms with Crippen LogP contribution in [0.5, 0.6) is 0 Å². The molecule has 4 aromatic rings. The molecule has 308 valence electrons. The molecule has 0 amide bonds. The Balaban J connectivity index is 0.956. The summed E-state index contributed by atoms with van der Waals surface area (Å²) in [5, 5.41) is 9.67. The molecule has 2 aromatic carbocycles. The molecule has 4 atom stereocenters. The summed E-state index contributed by atoms with van der Waals surface area (Å²) in [6, 6.07) is 13.7. The summed E-state index contributed by atoms with van der Waals surface area (Å²) in [6.07, 6.45) is 21.7. The first-order valence-corrected chi connectivity index (χ1v) is 21.6. The van der Waals surface area contributed by atoms with Gasteiger partial charge in [0.1, 0.15) is 44.0 Å². The summed E-state index contributed by atoms with van der Waals surface area (Å²) in [5.41, 5.74) is 5.21. The number of fused-ring (bicyclic) bond motifs is 2. The van der Waals surface area contributed by atoms with Crippen molar-refractivity contribution in [1.29, 1.82) is 0 Å². The predicted octanol–water partition coefficient (Wildman–Crippen LogP) is 8.47. The maximum Gasteiger partial charge on any atom is 0.350 e. The maximum absolute atomic E-state index is 13.0. The molecule has 4 aliphatic rings. The van der Waals surface area contributed by atoms with E-state index in [2.05, 4.69) is 62.3 Å². The summed E-state index contributed by atoms with van der Waals surface area (Å²) in [6.45, 7) is 8.65. The molecule has 4 heterocycles. The van der Waals surface area contributed by atoms with Gasteiger partial charge in [-0.1, -0.05) is 68.0 Å². The Kier molecular flexibility index (Phi) is 12.7. The fraction of sp³-hybridized carbons (Fsp3) is 0.500. The van der Waals surface area contributed by atoms with E-state index in [1.165, 1.54) is 56.1 Å². The van der Waals surface area contributed by atoms with Gasteiger partial charge in [0.05, 0.1) is 23.4 Å². The average molecular weight is 830 g/mol. The quantitative estimate of drug-likeness (QED) is 0.147. The van der Waals surface area contributed by atoms with E-state index in [9.17, 15) is 4.79 Å². The highest BCUT2D eigenvalue weighted by Gasteiger charge is 2.46. The highest BCUT2D eigenvalue weighted by Crippen LogP contribution is 2.41. The monoisotopic (exact) mass is 828 g/mol. The van der Waals surface area contributed by atoms with Crippen molar-refractivity contribution < 1.29 is 14.2 Å². The van der Waals surface area contributed by atoms with Crippen molar-refractivity contribution in [3.8, 4) is 5.69 Å². The number of piperazine rings is 1. The van der Waals surface area contributed by atoms with E-state index in [0.29, 0.717) is 34.7 Å². The number of anilines is 1. The van der Waals surface area contributed by atoms with Crippen LogP contribution in [0.15, 0.2) is 101 Å². The maximum atomic E-state index is 13.0. The first-order chi connectivity index (χ1) is 28.3. The SMILES string of the molecule is CCC(C)n1ncn(-c2ccc(N3CCN(C4=CC5CCCCCCC/C(=C(/OCC6CO[C@@](Cn7cncn7)(c7ccc(Cl)cc7Cl)O6)C=C4)C5)CC3)cc2)c1=O. The van der Waals surface area contributed by atoms with Gasteiger partial charge in [-0.15, -0.1) is 0 Å². The second-order valence-electron chi connectivity index (χ2n) is 16.0. The highest BCUT2D eigenvalue weighted by molar-refractivity contribution is 6.35. The zero-order valence-electron chi connectivity index (χ0n) is 33.5. The van der Waals surface area contributed by atoms with Gasteiger partial charge in [-0.05, 0) is 99.1 Å². The summed E-state index contributed by atoms with van der Waals surface area (Å²) in [7, 11) is 0. The van der Waals surface area contributed by atoms with E-state index < -0.39 is 5.79 Å². The molecule has 8 rings (SSSR count). The number of hydrogen-bond donors (Lipinski definition) is 0. The number of nitrogens with zero attached hydrogens (tertiary/aromatic N) is 8. The first-order valence-electron chi connectivity index (χ1n) is 20.9. The smallest absolute Gasteiger partial charge is 0.350 e. The minimum absolute atomic E-state index is 0.0620. The number of allylic oxidation sites excluding steroid dienone is 4. The van der Waals surface area contributed by atoms with Crippen molar-refractivity contribution in [2.45, 2.75) is 96.1 Å². The van der Waals surface area contributed by atoms with Crippen LogP contribution in [0.1, 0.15) is 83.2 Å². The lowest BCUT2D eigenvalue weighted by molar-refractivity contribution is -0.191. The van der Waals surface area contributed by atoms with Gasteiger partial charge in [0.25, 0.3) is 0 Å². The zero-order chi connectivity index (χ0) is 40.1. The molecule has 0 spiro atoms. The lowest BCUT2D eigenvalue weighted by atomic mass is 9.86. The number of ether oxygens (including phenoxy) is 3. The number of aromatic nitrogens is 6. The van der Waals surface area contributed by atoms with Crippen LogP contribution in [-0.4, -0.2) is 79.5 Å². The van der Waals surface area contributed by atoms with Crippen LogP contribution >= 0.6 is 23.2 Å². The standard InChI is InChI=1S/C44H54Cl2N8O4/c1-3-32(2)54-43(55)53(31-49-54)37-14-12-36(13-15-37)50-19-21-51(22-20-50)38-16-18-42(34-10-8-6-4-5-7-9-33(23-34)24-38)56-26-39-27-57-44(58-39,28-52-30-47-29-48-52)40-17-11-35(45)25-41(40)46/h11-18,24-25,29-33,39H,3-10,19-23,26-28H2,1-2H3/b18-16?,38-24?,42-34-/t32?,33?,39?,44-/m1/s1. The van der Waals surface area contributed by atoms with Crippen molar-refractivity contribution >= 4 is 28.9 Å². The topological polar surface area (TPSA) is 105 Å². The zero-order valence-corrected chi connectivity index (χ0v) is 35.0.